The summed E-state index contributed by atoms with van der Waals surface area (Å²) in [5, 5.41) is 5.04. The second-order valence-corrected chi connectivity index (χ2v) is 8.82. The number of H-pyrrole nitrogens is 1. The van der Waals surface area contributed by atoms with Crippen LogP contribution in [0.25, 0.3) is 22.4 Å². The maximum Gasteiger partial charge on any atom is 0.282 e. The van der Waals surface area contributed by atoms with E-state index in [1.165, 1.54) is 0 Å². The number of para-hydroxylation sites is 1. The third-order valence-electron chi connectivity index (χ3n) is 6.80. The minimum Gasteiger partial charge on any atom is -0.344 e. The van der Waals surface area contributed by atoms with Crippen molar-refractivity contribution in [3.63, 3.8) is 0 Å². The lowest BCUT2D eigenvalue weighted by Gasteiger charge is -2.27. The molecule has 4 aromatic heterocycles. The normalized spacial score (nSPS) is 18.5. The Balaban J connectivity index is 1.46. The lowest BCUT2D eigenvalue weighted by Crippen LogP contribution is -2.33. The second kappa shape index (κ2) is 6.99. The number of fused-ring (bicyclic) bond motifs is 2. The molecular weight excluding hydrogens is 416 g/mol. The molecule has 5 heterocycles. The number of anilines is 1. The summed E-state index contributed by atoms with van der Waals surface area (Å²) < 4.78 is 3.58. The van der Waals surface area contributed by atoms with Crippen molar-refractivity contribution in [3.05, 3.63) is 77.0 Å². The van der Waals surface area contributed by atoms with Crippen LogP contribution in [0.2, 0.25) is 0 Å². The monoisotopic (exact) mass is 438 g/mol. The van der Waals surface area contributed by atoms with E-state index in [-0.39, 0.29) is 11.6 Å². The van der Waals surface area contributed by atoms with Gasteiger partial charge in [-0.2, -0.15) is 5.10 Å². The molecule has 9 heteroatoms. The zero-order chi connectivity index (χ0) is 21.9. The predicted octanol–water partition coefficient (Wildman–Crippen LogP) is 3.37. The van der Waals surface area contributed by atoms with Crippen LogP contribution in [-0.2, 0) is 0 Å². The average molecular weight is 438 g/mol. The molecular formula is C24H22N8O. The summed E-state index contributed by atoms with van der Waals surface area (Å²) in [6, 6.07) is 11.8. The van der Waals surface area contributed by atoms with E-state index in [0.29, 0.717) is 17.1 Å². The van der Waals surface area contributed by atoms with E-state index in [2.05, 4.69) is 30.9 Å². The number of aromatic nitrogens is 7. The van der Waals surface area contributed by atoms with E-state index in [4.69, 9.17) is 5.10 Å². The number of hydrogen-bond acceptors (Lipinski definition) is 6. The first-order chi connectivity index (χ1) is 16.3. The van der Waals surface area contributed by atoms with Crippen LogP contribution in [0.1, 0.15) is 49.0 Å². The summed E-state index contributed by atoms with van der Waals surface area (Å²) in [6.07, 6.45) is 9.24. The van der Waals surface area contributed by atoms with E-state index < -0.39 is 0 Å². The van der Waals surface area contributed by atoms with Gasteiger partial charge >= 0.3 is 0 Å². The Morgan fingerprint density at radius 1 is 1.00 bits per heavy atom. The number of hydrogen-bond donors (Lipinski definition) is 1. The number of benzene rings is 1. The standard InChI is InChI=1S/C24H22N8O/c33-24-20-17(15-8-9-15)10-12-31(20)29-22(32(24)16-5-2-1-3-6-16)18-7-4-11-30(18)23-19-21(26-13-25-19)27-14-28-23/h1-3,5-6,10,12-15,18H,4,7-9,11H2,(H,25,26,27,28)/t18-/m0/s1. The van der Waals surface area contributed by atoms with Gasteiger partial charge in [-0.15, -0.1) is 0 Å². The summed E-state index contributed by atoms with van der Waals surface area (Å²) in [6.45, 7) is 0.811. The summed E-state index contributed by atoms with van der Waals surface area (Å²) >= 11 is 0. The number of nitrogens with zero attached hydrogens (tertiary/aromatic N) is 7. The second-order valence-electron chi connectivity index (χ2n) is 8.82. The molecule has 1 aromatic carbocycles. The van der Waals surface area contributed by atoms with Crippen LogP contribution in [0.4, 0.5) is 5.82 Å². The molecule has 0 spiro atoms. The molecule has 2 aliphatic rings. The highest BCUT2D eigenvalue weighted by Crippen LogP contribution is 2.42. The van der Waals surface area contributed by atoms with Gasteiger partial charge in [-0.1, -0.05) is 18.2 Å². The smallest absolute Gasteiger partial charge is 0.282 e. The zero-order valence-corrected chi connectivity index (χ0v) is 17.9. The van der Waals surface area contributed by atoms with E-state index in [0.717, 1.165) is 60.6 Å². The van der Waals surface area contributed by atoms with Crippen LogP contribution in [0.3, 0.4) is 0 Å². The molecule has 1 aliphatic heterocycles. The minimum absolute atomic E-state index is 0.0162. The number of nitrogens with one attached hydrogen (secondary N) is 1. The molecule has 1 N–H and O–H groups in total. The maximum atomic E-state index is 14.0. The number of aromatic amines is 1. The highest BCUT2D eigenvalue weighted by Gasteiger charge is 2.35. The van der Waals surface area contributed by atoms with Gasteiger partial charge < -0.3 is 9.88 Å². The van der Waals surface area contributed by atoms with Crippen LogP contribution in [0, 0.1) is 0 Å². The molecule has 5 aromatic rings. The van der Waals surface area contributed by atoms with E-state index in [1.54, 1.807) is 21.7 Å². The molecule has 0 unspecified atom stereocenters. The largest absolute Gasteiger partial charge is 0.344 e. The lowest BCUT2D eigenvalue weighted by atomic mass is 10.1. The van der Waals surface area contributed by atoms with Crippen molar-refractivity contribution in [2.45, 2.75) is 37.6 Å². The number of imidazole rings is 1. The van der Waals surface area contributed by atoms with Gasteiger partial charge in [0.1, 0.15) is 17.4 Å². The van der Waals surface area contributed by atoms with Crippen LogP contribution in [0.5, 0.6) is 0 Å². The SMILES string of the molecule is O=c1c2c(C3CC3)ccn2nc([C@@H]2CCCN2c2ncnc3[nH]cnc23)n1-c1ccccc1. The van der Waals surface area contributed by atoms with E-state index >= 15 is 0 Å². The van der Waals surface area contributed by atoms with Crippen LogP contribution >= 0.6 is 0 Å². The predicted molar refractivity (Wildman–Crippen MR) is 124 cm³/mol. The first kappa shape index (κ1) is 18.6. The topological polar surface area (TPSA) is 97.0 Å². The van der Waals surface area contributed by atoms with Crippen molar-refractivity contribution in [2.24, 2.45) is 0 Å². The third kappa shape index (κ3) is 2.81. The Morgan fingerprint density at radius 3 is 2.73 bits per heavy atom. The molecule has 1 atom stereocenters. The molecule has 164 valence electrons. The molecule has 2 fully saturated rings. The highest BCUT2D eigenvalue weighted by atomic mass is 16.1. The Labute approximate surface area is 188 Å². The first-order valence-corrected chi connectivity index (χ1v) is 11.4. The lowest BCUT2D eigenvalue weighted by molar-refractivity contribution is 0.601. The fraction of sp³-hybridized carbons (Fsp3) is 0.292. The Hall–Kier alpha value is -4.01. The average Bonchev–Trinajstić information content (AvgIpc) is 3.24. The fourth-order valence-corrected chi connectivity index (χ4v) is 5.12. The summed E-state index contributed by atoms with van der Waals surface area (Å²) in [7, 11) is 0. The van der Waals surface area contributed by atoms with Crippen molar-refractivity contribution in [1.82, 2.24) is 34.1 Å². The quantitative estimate of drug-likeness (QED) is 0.462. The summed E-state index contributed by atoms with van der Waals surface area (Å²) in [4.78, 5) is 32.6. The molecule has 33 heavy (non-hydrogen) atoms. The highest BCUT2D eigenvalue weighted by molar-refractivity contribution is 5.83. The van der Waals surface area contributed by atoms with Crippen LogP contribution in [-0.4, -0.2) is 40.7 Å². The zero-order valence-electron chi connectivity index (χ0n) is 17.9. The van der Waals surface area contributed by atoms with Gasteiger partial charge in [-0.25, -0.2) is 19.5 Å². The molecule has 0 bridgehead atoms. The van der Waals surface area contributed by atoms with Crippen molar-refractivity contribution < 1.29 is 0 Å². The Morgan fingerprint density at radius 2 is 1.88 bits per heavy atom. The molecule has 1 saturated heterocycles. The number of rotatable bonds is 4. The van der Waals surface area contributed by atoms with Gasteiger partial charge in [-0.3, -0.25) is 9.36 Å². The van der Waals surface area contributed by atoms with Gasteiger partial charge in [0.15, 0.2) is 17.3 Å². The van der Waals surface area contributed by atoms with E-state index in [9.17, 15) is 4.79 Å². The van der Waals surface area contributed by atoms with Crippen molar-refractivity contribution in [1.29, 1.82) is 0 Å². The molecule has 1 saturated carbocycles. The fourth-order valence-electron chi connectivity index (χ4n) is 5.12. The van der Waals surface area contributed by atoms with E-state index in [1.807, 2.05) is 36.5 Å². The van der Waals surface area contributed by atoms with Crippen molar-refractivity contribution in [3.8, 4) is 5.69 Å². The Kier molecular flexibility index (Phi) is 3.93. The molecule has 1 aliphatic carbocycles. The molecule has 0 amide bonds. The van der Waals surface area contributed by atoms with Crippen LogP contribution in [0.15, 0.2) is 60.0 Å². The molecule has 9 nitrogen and oxygen atoms in total. The van der Waals surface area contributed by atoms with Gasteiger partial charge in [0, 0.05) is 12.7 Å². The minimum atomic E-state index is -0.108. The first-order valence-electron chi connectivity index (χ1n) is 11.4. The van der Waals surface area contributed by atoms with Gasteiger partial charge in [0.2, 0.25) is 0 Å². The summed E-state index contributed by atoms with van der Waals surface area (Å²) in [5.74, 6) is 1.96. The van der Waals surface area contributed by atoms with Crippen molar-refractivity contribution in [2.75, 3.05) is 11.4 Å². The van der Waals surface area contributed by atoms with Gasteiger partial charge in [0.25, 0.3) is 5.56 Å². The molecule has 0 radical (unpaired) electrons. The maximum absolute atomic E-state index is 14.0. The Bertz CT molecular complexity index is 1550. The van der Waals surface area contributed by atoms with Gasteiger partial charge in [0.05, 0.1) is 18.1 Å². The van der Waals surface area contributed by atoms with Crippen LogP contribution < -0.4 is 10.5 Å². The third-order valence-corrected chi connectivity index (χ3v) is 6.80. The van der Waals surface area contributed by atoms with Crippen molar-refractivity contribution >= 4 is 22.5 Å². The molecule has 7 rings (SSSR count). The van der Waals surface area contributed by atoms with Gasteiger partial charge in [-0.05, 0) is 55.4 Å². The summed E-state index contributed by atoms with van der Waals surface area (Å²) in [5.41, 5.74) is 4.05.